The summed E-state index contributed by atoms with van der Waals surface area (Å²) in [6, 6.07) is 7.90. The normalized spacial score (nSPS) is 14.8. The van der Waals surface area contributed by atoms with Gasteiger partial charge in [0.05, 0.1) is 7.11 Å². The molecule has 1 aliphatic rings. The highest BCUT2D eigenvalue weighted by atomic mass is 16.7. The maximum atomic E-state index is 5.07. The lowest BCUT2D eigenvalue weighted by molar-refractivity contribution is 0.114. The first kappa shape index (κ1) is 9.02. The van der Waals surface area contributed by atoms with Crippen molar-refractivity contribution in [2.45, 2.75) is 6.42 Å². The van der Waals surface area contributed by atoms with Gasteiger partial charge in [0, 0.05) is 6.42 Å². The lowest BCUT2D eigenvalue weighted by Gasteiger charge is -2.03. The number of hydroxylamine groups is 1. The van der Waals surface area contributed by atoms with Gasteiger partial charge in [-0.2, -0.15) is 0 Å². The fourth-order valence-corrected chi connectivity index (χ4v) is 1.29. The Bertz CT molecular complexity index is 332. The van der Waals surface area contributed by atoms with E-state index in [2.05, 4.69) is 10.5 Å². The zero-order valence-corrected chi connectivity index (χ0v) is 7.99. The van der Waals surface area contributed by atoms with E-state index in [0.717, 1.165) is 18.0 Å². The van der Waals surface area contributed by atoms with E-state index in [1.807, 2.05) is 24.3 Å². The van der Waals surface area contributed by atoms with Crippen LogP contribution >= 0.6 is 0 Å². The summed E-state index contributed by atoms with van der Waals surface area (Å²) in [5.41, 5.74) is 3.94. The molecule has 0 amide bonds. The molecule has 0 atom stereocenters. The van der Waals surface area contributed by atoms with Crippen LogP contribution in [0.1, 0.15) is 5.56 Å². The Labute approximate surface area is 82.5 Å². The maximum Gasteiger partial charge on any atom is 0.166 e. The molecule has 2 rings (SSSR count). The summed E-state index contributed by atoms with van der Waals surface area (Å²) in [6.45, 7) is 0.408. The molecule has 0 saturated carbocycles. The van der Waals surface area contributed by atoms with Crippen LogP contribution in [0.4, 0.5) is 0 Å². The Morgan fingerprint density at radius 2 is 2.21 bits per heavy atom. The van der Waals surface area contributed by atoms with Crippen LogP contribution in [0.15, 0.2) is 29.3 Å². The highest BCUT2D eigenvalue weighted by molar-refractivity contribution is 5.84. The number of hydrogen-bond acceptors (Lipinski definition) is 4. The van der Waals surface area contributed by atoms with E-state index in [9.17, 15) is 0 Å². The van der Waals surface area contributed by atoms with Gasteiger partial charge in [-0.25, -0.2) is 4.99 Å². The SMILES string of the molecule is COc1ccc(CC2=NCON2)cc1. The van der Waals surface area contributed by atoms with Crippen LogP contribution in [0.25, 0.3) is 0 Å². The Hall–Kier alpha value is -1.55. The zero-order chi connectivity index (χ0) is 9.80. The molecule has 1 aromatic carbocycles. The summed E-state index contributed by atoms with van der Waals surface area (Å²) < 4.78 is 5.07. The average molecular weight is 192 g/mol. The predicted molar refractivity (Wildman–Crippen MR) is 53.2 cm³/mol. The molecule has 0 bridgehead atoms. The summed E-state index contributed by atoms with van der Waals surface area (Å²) in [4.78, 5) is 9.02. The molecule has 1 aliphatic heterocycles. The van der Waals surface area contributed by atoms with Gasteiger partial charge in [0.2, 0.25) is 0 Å². The topological polar surface area (TPSA) is 42.9 Å². The van der Waals surface area contributed by atoms with Crippen molar-refractivity contribution in [3.8, 4) is 5.75 Å². The molecule has 1 aromatic rings. The number of ether oxygens (including phenoxy) is 1. The van der Waals surface area contributed by atoms with Crippen molar-refractivity contribution in [2.24, 2.45) is 4.99 Å². The Morgan fingerprint density at radius 3 is 2.79 bits per heavy atom. The quantitative estimate of drug-likeness (QED) is 0.780. The van der Waals surface area contributed by atoms with Crippen molar-refractivity contribution in [1.29, 1.82) is 0 Å². The first-order valence-corrected chi connectivity index (χ1v) is 4.42. The molecule has 0 unspecified atom stereocenters. The summed E-state index contributed by atoms with van der Waals surface area (Å²) in [7, 11) is 1.66. The summed E-state index contributed by atoms with van der Waals surface area (Å²) >= 11 is 0. The number of nitrogens with one attached hydrogen (secondary N) is 1. The lowest BCUT2D eigenvalue weighted by atomic mass is 10.1. The van der Waals surface area contributed by atoms with E-state index in [1.54, 1.807) is 7.11 Å². The van der Waals surface area contributed by atoms with Crippen LogP contribution in [0.5, 0.6) is 5.75 Å². The number of amidine groups is 1. The van der Waals surface area contributed by atoms with Crippen LogP contribution in [-0.2, 0) is 11.3 Å². The van der Waals surface area contributed by atoms with Gasteiger partial charge in [0.15, 0.2) is 6.73 Å². The van der Waals surface area contributed by atoms with E-state index >= 15 is 0 Å². The van der Waals surface area contributed by atoms with E-state index in [0.29, 0.717) is 6.73 Å². The number of nitrogens with zero attached hydrogens (tertiary/aromatic N) is 1. The average Bonchev–Trinajstić information content (AvgIpc) is 2.72. The van der Waals surface area contributed by atoms with E-state index in [1.165, 1.54) is 5.56 Å². The molecule has 4 nitrogen and oxygen atoms in total. The molecular weight excluding hydrogens is 180 g/mol. The van der Waals surface area contributed by atoms with Crippen LogP contribution in [0, 0.1) is 0 Å². The predicted octanol–water partition coefficient (Wildman–Crippen LogP) is 1.13. The van der Waals surface area contributed by atoms with Gasteiger partial charge in [0.25, 0.3) is 0 Å². The highest BCUT2D eigenvalue weighted by Gasteiger charge is 2.06. The van der Waals surface area contributed by atoms with Gasteiger partial charge in [-0.15, -0.1) is 0 Å². The van der Waals surface area contributed by atoms with E-state index < -0.39 is 0 Å². The molecule has 0 fully saturated rings. The first-order chi connectivity index (χ1) is 6.88. The Balaban J connectivity index is 2.02. The molecule has 4 heteroatoms. The van der Waals surface area contributed by atoms with Crippen molar-refractivity contribution in [1.82, 2.24) is 5.48 Å². The molecule has 1 N–H and O–H groups in total. The molecule has 1 heterocycles. The van der Waals surface area contributed by atoms with Gasteiger partial charge in [-0.05, 0) is 17.7 Å². The molecule has 0 aliphatic carbocycles. The molecule has 0 radical (unpaired) electrons. The van der Waals surface area contributed by atoms with E-state index in [4.69, 9.17) is 9.57 Å². The molecule has 74 valence electrons. The number of methoxy groups -OCH3 is 1. The van der Waals surface area contributed by atoms with Crippen LogP contribution in [0.2, 0.25) is 0 Å². The second-order valence-electron chi connectivity index (χ2n) is 3.01. The maximum absolute atomic E-state index is 5.07. The third-order valence-electron chi connectivity index (χ3n) is 2.04. The summed E-state index contributed by atoms with van der Waals surface area (Å²) in [5.74, 6) is 1.74. The van der Waals surface area contributed by atoms with Gasteiger partial charge in [-0.3, -0.25) is 10.3 Å². The Kier molecular flexibility index (Phi) is 2.65. The number of benzene rings is 1. The second kappa shape index (κ2) is 4.11. The van der Waals surface area contributed by atoms with Crippen LogP contribution in [0.3, 0.4) is 0 Å². The first-order valence-electron chi connectivity index (χ1n) is 4.42. The van der Waals surface area contributed by atoms with Gasteiger partial charge >= 0.3 is 0 Å². The largest absolute Gasteiger partial charge is 0.497 e. The molecule has 0 saturated heterocycles. The van der Waals surface area contributed by atoms with Gasteiger partial charge in [-0.1, -0.05) is 12.1 Å². The third-order valence-corrected chi connectivity index (χ3v) is 2.04. The zero-order valence-electron chi connectivity index (χ0n) is 7.99. The van der Waals surface area contributed by atoms with Crippen LogP contribution in [-0.4, -0.2) is 19.7 Å². The number of aliphatic imine (C=N–C) groups is 1. The summed E-state index contributed by atoms with van der Waals surface area (Å²) in [6.07, 6.45) is 0.768. The van der Waals surface area contributed by atoms with Crippen molar-refractivity contribution in [3.05, 3.63) is 29.8 Å². The monoisotopic (exact) mass is 192 g/mol. The van der Waals surface area contributed by atoms with Crippen molar-refractivity contribution >= 4 is 5.84 Å². The molecule has 14 heavy (non-hydrogen) atoms. The van der Waals surface area contributed by atoms with Gasteiger partial charge in [0.1, 0.15) is 11.6 Å². The Morgan fingerprint density at radius 1 is 1.43 bits per heavy atom. The van der Waals surface area contributed by atoms with Crippen molar-refractivity contribution in [2.75, 3.05) is 13.8 Å². The molecular formula is C10H12N2O2. The fourth-order valence-electron chi connectivity index (χ4n) is 1.29. The summed E-state index contributed by atoms with van der Waals surface area (Å²) in [5, 5.41) is 0. The second-order valence-corrected chi connectivity index (χ2v) is 3.01. The third kappa shape index (κ3) is 2.03. The molecule has 0 aromatic heterocycles. The lowest BCUT2D eigenvalue weighted by Crippen LogP contribution is -2.18. The minimum atomic E-state index is 0.408. The number of rotatable bonds is 3. The van der Waals surface area contributed by atoms with Gasteiger partial charge < -0.3 is 4.74 Å². The highest BCUT2D eigenvalue weighted by Crippen LogP contribution is 2.12. The van der Waals surface area contributed by atoms with E-state index in [-0.39, 0.29) is 0 Å². The standard InChI is InChI=1S/C10H12N2O2/c1-13-9-4-2-8(3-5-9)6-10-11-7-14-12-10/h2-5H,6-7H2,1H3,(H,11,12). The van der Waals surface area contributed by atoms with Crippen molar-refractivity contribution < 1.29 is 9.57 Å². The smallest absolute Gasteiger partial charge is 0.166 e. The minimum Gasteiger partial charge on any atom is -0.497 e. The number of hydrogen-bond donors (Lipinski definition) is 1. The molecule has 0 spiro atoms. The van der Waals surface area contributed by atoms with Crippen LogP contribution < -0.4 is 10.2 Å². The minimum absolute atomic E-state index is 0.408. The fraction of sp³-hybridized carbons (Fsp3) is 0.300. The van der Waals surface area contributed by atoms with Crippen molar-refractivity contribution in [3.63, 3.8) is 0 Å².